The van der Waals surface area contributed by atoms with Crippen LogP contribution in [0.25, 0.3) is 0 Å². The number of rotatable bonds is 4. The maximum absolute atomic E-state index is 12.4. The molecule has 1 fully saturated rings. The zero-order chi connectivity index (χ0) is 13.8. The average Bonchev–Trinajstić information content (AvgIpc) is 2.38. The zero-order valence-electron chi connectivity index (χ0n) is 11.8. The Morgan fingerprint density at radius 3 is 2.89 bits per heavy atom. The van der Waals surface area contributed by atoms with Crippen LogP contribution in [0, 0.1) is 13.8 Å². The van der Waals surface area contributed by atoms with Crippen LogP contribution in [0.1, 0.15) is 27.9 Å². The fourth-order valence-corrected chi connectivity index (χ4v) is 2.52. The molecule has 1 atom stereocenters. The van der Waals surface area contributed by atoms with Crippen LogP contribution in [0.3, 0.4) is 0 Å². The zero-order valence-corrected chi connectivity index (χ0v) is 11.8. The van der Waals surface area contributed by atoms with Crippen molar-refractivity contribution in [2.45, 2.75) is 26.3 Å². The van der Waals surface area contributed by atoms with E-state index in [9.17, 15) is 4.79 Å². The van der Waals surface area contributed by atoms with Gasteiger partial charge in [-0.3, -0.25) is 4.79 Å². The first-order valence-corrected chi connectivity index (χ1v) is 6.61. The molecule has 1 unspecified atom stereocenters. The number of nitrogens with one attached hydrogen (secondary N) is 1. The summed E-state index contributed by atoms with van der Waals surface area (Å²) in [6.07, 6.45) is 0.445. The van der Waals surface area contributed by atoms with Gasteiger partial charge in [-0.2, -0.15) is 0 Å². The number of carbonyl (C=O) groups excluding carboxylic acids is 1. The molecule has 1 heterocycles. The predicted molar refractivity (Wildman–Crippen MR) is 74.0 cm³/mol. The van der Waals surface area contributed by atoms with Crippen molar-refractivity contribution in [3.8, 4) is 5.75 Å². The molecule has 1 aromatic rings. The van der Waals surface area contributed by atoms with Crippen molar-refractivity contribution >= 4 is 5.78 Å². The van der Waals surface area contributed by atoms with E-state index in [2.05, 4.69) is 5.32 Å². The topological polar surface area (TPSA) is 47.6 Å². The Morgan fingerprint density at radius 1 is 1.47 bits per heavy atom. The molecule has 0 aliphatic carbocycles. The number of methoxy groups -OCH3 is 1. The van der Waals surface area contributed by atoms with Gasteiger partial charge < -0.3 is 14.8 Å². The van der Waals surface area contributed by atoms with E-state index in [1.807, 2.05) is 26.0 Å². The summed E-state index contributed by atoms with van der Waals surface area (Å²) in [5.74, 6) is 0.775. The summed E-state index contributed by atoms with van der Waals surface area (Å²) in [7, 11) is 1.60. The van der Waals surface area contributed by atoms with Gasteiger partial charge in [-0.25, -0.2) is 0 Å². The maximum atomic E-state index is 12.4. The molecule has 1 N–H and O–H groups in total. The summed E-state index contributed by atoms with van der Waals surface area (Å²) in [6, 6.07) is 4.03. The highest BCUT2D eigenvalue weighted by atomic mass is 16.5. The number of morpholine rings is 1. The quantitative estimate of drug-likeness (QED) is 0.843. The van der Waals surface area contributed by atoms with Crippen molar-refractivity contribution in [1.82, 2.24) is 5.32 Å². The van der Waals surface area contributed by atoms with Gasteiger partial charge in [0.05, 0.1) is 25.9 Å². The van der Waals surface area contributed by atoms with Crippen LogP contribution in [-0.4, -0.2) is 38.7 Å². The number of benzene rings is 1. The third-order valence-electron chi connectivity index (χ3n) is 3.37. The van der Waals surface area contributed by atoms with E-state index in [4.69, 9.17) is 9.47 Å². The first-order chi connectivity index (χ1) is 9.11. The molecule has 4 nitrogen and oxygen atoms in total. The van der Waals surface area contributed by atoms with Crippen molar-refractivity contribution in [2.75, 3.05) is 26.9 Å². The first kappa shape index (κ1) is 14.0. The number of Topliss-reactive ketones (excluding diaryl/α,β-unsaturated/α-hetero) is 1. The summed E-state index contributed by atoms with van der Waals surface area (Å²) >= 11 is 0. The third kappa shape index (κ3) is 3.33. The van der Waals surface area contributed by atoms with Gasteiger partial charge in [0.1, 0.15) is 5.75 Å². The summed E-state index contributed by atoms with van der Waals surface area (Å²) in [6.45, 7) is 6.08. The lowest BCUT2D eigenvalue weighted by Crippen LogP contribution is -2.42. The van der Waals surface area contributed by atoms with E-state index in [0.29, 0.717) is 24.3 Å². The second kappa shape index (κ2) is 6.17. The van der Waals surface area contributed by atoms with Crippen LogP contribution in [0.15, 0.2) is 12.1 Å². The van der Waals surface area contributed by atoms with Gasteiger partial charge in [-0.1, -0.05) is 6.07 Å². The Bertz CT molecular complexity index is 465. The van der Waals surface area contributed by atoms with E-state index >= 15 is 0 Å². The Kier molecular flexibility index (Phi) is 4.56. The summed E-state index contributed by atoms with van der Waals surface area (Å²) in [5, 5.41) is 3.30. The van der Waals surface area contributed by atoms with Gasteiger partial charge in [0.15, 0.2) is 5.78 Å². The first-order valence-electron chi connectivity index (χ1n) is 6.61. The van der Waals surface area contributed by atoms with Crippen molar-refractivity contribution in [1.29, 1.82) is 0 Å². The minimum Gasteiger partial charge on any atom is -0.496 e. The molecule has 4 heteroatoms. The minimum atomic E-state index is 0.103. The molecule has 104 valence electrons. The molecule has 0 radical (unpaired) electrons. The van der Waals surface area contributed by atoms with Gasteiger partial charge in [0.25, 0.3) is 0 Å². The molecule has 19 heavy (non-hydrogen) atoms. The molecular formula is C15H21NO3. The van der Waals surface area contributed by atoms with Crippen molar-refractivity contribution in [3.05, 3.63) is 28.8 Å². The Morgan fingerprint density at radius 2 is 2.26 bits per heavy atom. The van der Waals surface area contributed by atoms with E-state index in [-0.39, 0.29) is 11.8 Å². The molecule has 1 saturated heterocycles. The van der Waals surface area contributed by atoms with Crippen LogP contribution >= 0.6 is 0 Å². The molecule has 1 aliphatic heterocycles. The van der Waals surface area contributed by atoms with E-state index in [1.54, 1.807) is 7.11 Å². The normalized spacial score (nSPS) is 19.2. The van der Waals surface area contributed by atoms with E-state index in [0.717, 1.165) is 24.3 Å². The number of carbonyl (C=O) groups is 1. The number of aryl methyl sites for hydroxylation is 2. The fourth-order valence-electron chi connectivity index (χ4n) is 2.52. The van der Waals surface area contributed by atoms with Crippen LogP contribution in [0.2, 0.25) is 0 Å². The smallest absolute Gasteiger partial charge is 0.168 e. The summed E-state index contributed by atoms with van der Waals surface area (Å²) < 4.78 is 10.7. The van der Waals surface area contributed by atoms with Gasteiger partial charge in [-0.15, -0.1) is 0 Å². The van der Waals surface area contributed by atoms with Crippen molar-refractivity contribution < 1.29 is 14.3 Å². The Labute approximate surface area is 114 Å². The van der Waals surface area contributed by atoms with Crippen LogP contribution in [0.5, 0.6) is 5.75 Å². The Hall–Kier alpha value is -1.39. The molecule has 0 bridgehead atoms. The SMILES string of the molecule is COc1cc(C)cc(C)c1C(=O)CC1COCCN1. The highest BCUT2D eigenvalue weighted by Crippen LogP contribution is 2.26. The average molecular weight is 263 g/mol. The van der Waals surface area contributed by atoms with Crippen LogP contribution in [0.4, 0.5) is 0 Å². The molecule has 1 aliphatic rings. The van der Waals surface area contributed by atoms with Crippen LogP contribution < -0.4 is 10.1 Å². The van der Waals surface area contributed by atoms with E-state index < -0.39 is 0 Å². The molecule has 0 spiro atoms. The van der Waals surface area contributed by atoms with Crippen LogP contribution in [-0.2, 0) is 4.74 Å². The van der Waals surface area contributed by atoms with Gasteiger partial charge >= 0.3 is 0 Å². The number of hydrogen-bond donors (Lipinski definition) is 1. The summed E-state index contributed by atoms with van der Waals surface area (Å²) in [4.78, 5) is 12.4. The van der Waals surface area contributed by atoms with E-state index in [1.165, 1.54) is 0 Å². The predicted octanol–water partition coefficient (Wildman–Crippen LogP) is 1.87. The van der Waals surface area contributed by atoms with Gasteiger partial charge in [0, 0.05) is 19.0 Å². The fraction of sp³-hybridized carbons (Fsp3) is 0.533. The number of hydrogen-bond acceptors (Lipinski definition) is 4. The molecular weight excluding hydrogens is 242 g/mol. The molecule has 0 aromatic heterocycles. The lowest BCUT2D eigenvalue weighted by Gasteiger charge is -2.23. The van der Waals surface area contributed by atoms with Crippen molar-refractivity contribution in [2.24, 2.45) is 0 Å². The van der Waals surface area contributed by atoms with Crippen molar-refractivity contribution in [3.63, 3.8) is 0 Å². The molecule has 0 amide bonds. The standard InChI is InChI=1S/C15H21NO3/c1-10-6-11(2)15(14(7-10)18-3)13(17)8-12-9-19-5-4-16-12/h6-7,12,16H,4-5,8-9H2,1-3H3. The highest BCUT2D eigenvalue weighted by molar-refractivity contribution is 6.00. The monoisotopic (exact) mass is 263 g/mol. The lowest BCUT2D eigenvalue weighted by molar-refractivity contribution is 0.0674. The second-order valence-electron chi connectivity index (χ2n) is 5.01. The largest absolute Gasteiger partial charge is 0.496 e. The maximum Gasteiger partial charge on any atom is 0.168 e. The number of ether oxygens (including phenoxy) is 2. The minimum absolute atomic E-state index is 0.103. The molecule has 1 aromatic carbocycles. The molecule has 0 saturated carbocycles. The number of ketones is 1. The third-order valence-corrected chi connectivity index (χ3v) is 3.37. The summed E-state index contributed by atoms with van der Waals surface area (Å²) in [5.41, 5.74) is 2.77. The van der Waals surface area contributed by atoms with Gasteiger partial charge in [0.2, 0.25) is 0 Å². The highest BCUT2D eigenvalue weighted by Gasteiger charge is 2.21. The lowest BCUT2D eigenvalue weighted by atomic mass is 9.96. The second-order valence-corrected chi connectivity index (χ2v) is 5.01. The molecule has 2 rings (SSSR count). The van der Waals surface area contributed by atoms with Gasteiger partial charge in [-0.05, 0) is 31.0 Å². The Balaban J connectivity index is 2.18.